The number of methoxy groups -OCH3 is 1. The number of rotatable bonds is 3. The van der Waals surface area contributed by atoms with Gasteiger partial charge in [0.1, 0.15) is 16.5 Å². The molecule has 0 unspecified atom stereocenters. The Morgan fingerprint density at radius 3 is 2.53 bits per heavy atom. The molecule has 1 heterocycles. The molecule has 0 radical (unpaired) electrons. The highest BCUT2D eigenvalue weighted by Crippen LogP contribution is 2.33. The van der Waals surface area contributed by atoms with Crippen molar-refractivity contribution in [2.24, 2.45) is 0 Å². The predicted octanol–water partition coefficient (Wildman–Crippen LogP) is 1.48. The SMILES string of the molecule is COc1cc(-c2cc(N)no2)cc(F)c1S(C)(=O)=O. The Morgan fingerprint density at radius 1 is 1.37 bits per heavy atom. The number of sulfone groups is 1. The standard InChI is InChI=1S/C11H11FN2O4S/c1-17-9-4-6(8-5-10(13)14-18-8)3-7(12)11(9)19(2,15)16/h3-5H,1-2H3,(H2,13,14). The number of halogens is 1. The van der Waals surface area contributed by atoms with E-state index in [9.17, 15) is 12.8 Å². The molecule has 0 bridgehead atoms. The van der Waals surface area contributed by atoms with Gasteiger partial charge in [-0.3, -0.25) is 0 Å². The normalized spacial score (nSPS) is 11.5. The summed E-state index contributed by atoms with van der Waals surface area (Å²) < 4.78 is 46.7. The van der Waals surface area contributed by atoms with Gasteiger partial charge in [-0.05, 0) is 12.1 Å². The number of hydrogen-bond acceptors (Lipinski definition) is 6. The fourth-order valence-corrected chi connectivity index (χ4v) is 2.57. The van der Waals surface area contributed by atoms with Crippen molar-refractivity contribution in [1.82, 2.24) is 5.16 Å². The maximum Gasteiger partial charge on any atom is 0.182 e. The lowest BCUT2D eigenvalue weighted by atomic mass is 10.1. The van der Waals surface area contributed by atoms with Gasteiger partial charge >= 0.3 is 0 Å². The first-order chi connectivity index (χ1) is 8.82. The highest BCUT2D eigenvalue weighted by Gasteiger charge is 2.22. The van der Waals surface area contributed by atoms with Gasteiger partial charge in [-0.2, -0.15) is 0 Å². The molecule has 0 aliphatic heterocycles. The van der Waals surface area contributed by atoms with Crippen molar-refractivity contribution in [3.8, 4) is 17.1 Å². The van der Waals surface area contributed by atoms with E-state index in [0.29, 0.717) is 0 Å². The second kappa shape index (κ2) is 4.54. The summed E-state index contributed by atoms with van der Waals surface area (Å²) in [5.74, 6) is -0.671. The fraction of sp³-hybridized carbons (Fsp3) is 0.182. The van der Waals surface area contributed by atoms with Crippen molar-refractivity contribution in [1.29, 1.82) is 0 Å². The Morgan fingerprint density at radius 2 is 2.05 bits per heavy atom. The molecular formula is C11H11FN2O4S. The van der Waals surface area contributed by atoms with E-state index < -0.39 is 20.5 Å². The first-order valence-corrected chi connectivity index (χ1v) is 7.02. The number of nitrogens with zero attached hydrogens (tertiary/aromatic N) is 1. The second-order valence-electron chi connectivity index (χ2n) is 3.88. The predicted molar refractivity (Wildman–Crippen MR) is 66.0 cm³/mol. The van der Waals surface area contributed by atoms with Crippen molar-refractivity contribution >= 4 is 15.7 Å². The molecule has 2 N–H and O–H groups in total. The second-order valence-corrected chi connectivity index (χ2v) is 5.83. The van der Waals surface area contributed by atoms with Crippen LogP contribution in [0.15, 0.2) is 27.6 Å². The highest BCUT2D eigenvalue weighted by atomic mass is 32.2. The molecule has 2 rings (SSSR count). The maximum absolute atomic E-state index is 13.9. The van der Waals surface area contributed by atoms with Gasteiger partial charge in [0.25, 0.3) is 0 Å². The largest absolute Gasteiger partial charge is 0.495 e. The minimum Gasteiger partial charge on any atom is -0.495 e. The van der Waals surface area contributed by atoms with Crippen LogP contribution in [-0.4, -0.2) is 26.9 Å². The summed E-state index contributed by atoms with van der Waals surface area (Å²) in [6, 6.07) is 3.77. The van der Waals surface area contributed by atoms with Crippen molar-refractivity contribution in [3.05, 3.63) is 24.0 Å². The molecule has 19 heavy (non-hydrogen) atoms. The lowest BCUT2D eigenvalue weighted by Crippen LogP contribution is -2.04. The molecule has 0 fully saturated rings. The van der Waals surface area contributed by atoms with Crippen LogP contribution in [0.5, 0.6) is 5.75 Å². The molecule has 0 spiro atoms. The van der Waals surface area contributed by atoms with E-state index >= 15 is 0 Å². The Hall–Kier alpha value is -2.09. The van der Waals surface area contributed by atoms with E-state index in [2.05, 4.69) is 5.16 Å². The van der Waals surface area contributed by atoms with Crippen molar-refractivity contribution in [2.75, 3.05) is 19.1 Å². The minimum atomic E-state index is -3.74. The van der Waals surface area contributed by atoms with Crippen LogP contribution < -0.4 is 10.5 Å². The number of nitrogen functional groups attached to an aromatic ring is 1. The summed E-state index contributed by atoms with van der Waals surface area (Å²) >= 11 is 0. The third-order valence-electron chi connectivity index (χ3n) is 2.41. The van der Waals surface area contributed by atoms with Crippen LogP contribution in [0.4, 0.5) is 10.2 Å². The number of aromatic nitrogens is 1. The summed E-state index contributed by atoms with van der Waals surface area (Å²) in [4.78, 5) is -0.494. The number of ether oxygens (including phenoxy) is 1. The third kappa shape index (κ3) is 2.53. The third-order valence-corrected chi connectivity index (χ3v) is 3.55. The molecule has 102 valence electrons. The number of benzene rings is 1. The summed E-state index contributed by atoms with van der Waals surface area (Å²) in [6.45, 7) is 0. The van der Waals surface area contributed by atoms with E-state index in [4.69, 9.17) is 15.0 Å². The van der Waals surface area contributed by atoms with Crippen LogP contribution in [0, 0.1) is 5.82 Å². The van der Waals surface area contributed by atoms with Crippen LogP contribution in [-0.2, 0) is 9.84 Å². The average Bonchev–Trinajstić information content (AvgIpc) is 2.73. The summed E-state index contributed by atoms with van der Waals surface area (Å²) in [5.41, 5.74) is 5.68. The van der Waals surface area contributed by atoms with Gasteiger partial charge in [-0.25, -0.2) is 12.8 Å². The summed E-state index contributed by atoms with van der Waals surface area (Å²) in [7, 11) is -2.49. The lowest BCUT2D eigenvalue weighted by molar-refractivity contribution is 0.394. The van der Waals surface area contributed by atoms with E-state index in [-0.39, 0.29) is 22.9 Å². The zero-order valence-electron chi connectivity index (χ0n) is 10.2. The van der Waals surface area contributed by atoms with E-state index in [0.717, 1.165) is 12.3 Å². The van der Waals surface area contributed by atoms with Crippen LogP contribution in [0.2, 0.25) is 0 Å². The molecule has 1 aromatic carbocycles. The monoisotopic (exact) mass is 286 g/mol. The van der Waals surface area contributed by atoms with E-state index in [1.165, 1.54) is 19.2 Å². The van der Waals surface area contributed by atoms with Crippen LogP contribution >= 0.6 is 0 Å². The summed E-state index contributed by atoms with van der Waals surface area (Å²) in [5, 5.41) is 3.47. The minimum absolute atomic E-state index is 0.104. The van der Waals surface area contributed by atoms with E-state index in [1.807, 2.05) is 0 Å². The fourth-order valence-electron chi connectivity index (χ4n) is 1.65. The number of nitrogens with two attached hydrogens (primary N) is 1. The Balaban J connectivity index is 2.67. The van der Waals surface area contributed by atoms with Crippen LogP contribution in [0.25, 0.3) is 11.3 Å². The van der Waals surface area contributed by atoms with Crippen molar-refractivity contribution in [3.63, 3.8) is 0 Å². The molecule has 1 aromatic heterocycles. The van der Waals surface area contributed by atoms with Gasteiger partial charge in [-0.15, -0.1) is 0 Å². The van der Waals surface area contributed by atoms with Gasteiger partial charge < -0.3 is 15.0 Å². The smallest absolute Gasteiger partial charge is 0.182 e. The Kier molecular flexibility index (Phi) is 3.19. The molecule has 0 atom stereocenters. The number of anilines is 1. The number of hydrogen-bond donors (Lipinski definition) is 1. The Bertz CT molecular complexity index is 724. The zero-order chi connectivity index (χ0) is 14.2. The van der Waals surface area contributed by atoms with Crippen LogP contribution in [0.1, 0.15) is 0 Å². The van der Waals surface area contributed by atoms with Gasteiger partial charge in [0, 0.05) is 17.9 Å². The van der Waals surface area contributed by atoms with Crippen molar-refractivity contribution < 1.29 is 22.1 Å². The first-order valence-electron chi connectivity index (χ1n) is 5.13. The molecule has 0 saturated carbocycles. The molecular weight excluding hydrogens is 275 g/mol. The summed E-state index contributed by atoms with van der Waals surface area (Å²) in [6.07, 6.45) is 0.903. The van der Waals surface area contributed by atoms with Gasteiger partial charge in [0.2, 0.25) is 0 Å². The first kappa shape index (κ1) is 13.3. The molecule has 0 amide bonds. The quantitative estimate of drug-likeness (QED) is 0.918. The van der Waals surface area contributed by atoms with Gasteiger partial charge in [0.15, 0.2) is 21.4 Å². The highest BCUT2D eigenvalue weighted by molar-refractivity contribution is 7.90. The zero-order valence-corrected chi connectivity index (χ0v) is 11.0. The molecule has 0 aliphatic carbocycles. The Labute approximate surface area is 108 Å². The van der Waals surface area contributed by atoms with Crippen LogP contribution in [0.3, 0.4) is 0 Å². The molecule has 6 nitrogen and oxygen atoms in total. The lowest BCUT2D eigenvalue weighted by Gasteiger charge is -2.09. The maximum atomic E-state index is 13.9. The van der Waals surface area contributed by atoms with Gasteiger partial charge in [-0.1, -0.05) is 5.16 Å². The van der Waals surface area contributed by atoms with Gasteiger partial charge in [0.05, 0.1) is 7.11 Å². The topological polar surface area (TPSA) is 95.4 Å². The molecule has 2 aromatic rings. The molecule has 0 aliphatic rings. The molecule has 0 saturated heterocycles. The van der Waals surface area contributed by atoms with Crippen molar-refractivity contribution in [2.45, 2.75) is 4.90 Å². The molecule has 8 heteroatoms. The van der Waals surface area contributed by atoms with E-state index in [1.54, 1.807) is 0 Å². The average molecular weight is 286 g/mol.